The first-order valence-electron chi connectivity index (χ1n) is 10.8. The number of carboxylic acids is 1. The van der Waals surface area contributed by atoms with E-state index in [-0.39, 0.29) is 24.6 Å². The molecule has 1 atom stereocenters. The van der Waals surface area contributed by atoms with Gasteiger partial charge in [0.15, 0.2) is 17.5 Å². The van der Waals surface area contributed by atoms with Gasteiger partial charge in [0.05, 0.1) is 10.2 Å². The number of rotatable bonds is 7. The average Bonchev–Trinajstić information content (AvgIpc) is 3.51. The van der Waals surface area contributed by atoms with Crippen LogP contribution in [0.2, 0.25) is 0 Å². The third kappa shape index (κ3) is 6.21. The summed E-state index contributed by atoms with van der Waals surface area (Å²) in [5, 5.41) is 29.2. The number of aliphatic carboxylic acids is 1. The lowest BCUT2D eigenvalue weighted by Gasteiger charge is -2.21. The lowest BCUT2D eigenvalue weighted by Crippen LogP contribution is -2.39. The van der Waals surface area contributed by atoms with Crippen LogP contribution in [-0.2, 0) is 4.79 Å². The molecule has 12 nitrogen and oxygen atoms in total. The van der Waals surface area contributed by atoms with E-state index in [1.54, 1.807) is 18.2 Å². The monoisotopic (exact) mass is 546 g/mol. The number of hydrogen-bond acceptors (Lipinski definition) is 11. The molecule has 3 aromatic rings. The molecule has 2 aromatic carbocycles. The minimum absolute atomic E-state index is 0.0573. The molecule has 0 fully saturated rings. The summed E-state index contributed by atoms with van der Waals surface area (Å²) in [6, 6.07) is 7.85. The minimum atomic E-state index is -0.970. The highest BCUT2D eigenvalue weighted by Gasteiger charge is 2.27. The van der Waals surface area contributed by atoms with Gasteiger partial charge in [-0.15, -0.1) is 23.1 Å². The van der Waals surface area contributed by atoms with Gasteiger partial charge in [0, 0.05) is 45.1 Å². The largest absolute Gasteiger partial charge is 0.504 e. The Hall–Kier alpha value is -4.04. The first-order valence-corrected chi connectivity index (χ1v) is 12.6. The SMILES string of the molecule is CN(CCN(C)C(=O)Oc1ccc2nc(C3=NC(C(=O)O)CS3)sc2c1)C(=O)Oc1ccc(O)c(O)c1. The Bertz CT molecular complexity index is 1390. The van der Waals surface area contributed by atoms with Crippen molar-refractivity contribution in [1.82, 2.24) is 14.8 Å². The fourth-order valence-corrected chi connectivity index (χ4v) is 5.18. The Morgan fingerprint density at radius 2 is 1.59 bits per heavy atom. The zero-order chi connectivity index (χ0) is 26.7. The summed E-state index contributed by atoms with van der Waals surface area (Å²) in [5.74, 6) is -0.989. The van der Waals surface area contributed by atoms with Gasteiger partial charge in [-0.3, -0.25) is 4.99 Å². The molecule has 3 N–H and O–H groups in total. The summed E-state index contributed by atoms with van der Waals surface area (Å²) in [6.45, 7) is 0.295. The summed E-state index contributed by atoms with van der Waals surface area (Å²) in [6.07, 6.45) is -1.34. The Kier molecular flexibility index (Phi) is 7.69. The highest BCUT2D eigenvalue weighted by atomic mass is 32.2. The van der Waals surface area contributed by atoms with Gasteiger partial charge >= 0.3 is 18.2 Å². The Labute approximate surface area is 218 Å². The van der Waals surface area contributed by atoms with Crippen LogP contribution in [0.25, 0.3) is 10.2 Å². The molecular weight excluding hydrogens is 524 g/mol. The molecule has 1 aliphatic heterocycles. The number of benzene rings is 2. The highest BCUT2D eigenvalue weighted by molar-refractivity contribution is 8.15. The van der Waals surface area contributed by atoms with E-state index in [0.717, 1.165) is 10.8 Å². The zero-order valence-electron chi connectivity index (χ0n) is 19.7. The van der Waals surface area contributed by atoms with Crippen LogP contribution in [-0.4, -0.2) is 92.3 Å². The second kappa shape index (κ2) is 10.9. The predicted octanol–water partition coefficient (Wildman–Crippen LogP) is 3.22. The topological polar surface area (TPSA) is 162 Å². The van der Waals surface area contributed by atoms with Gasteiger partial charge in [-0.1, -0.05) is 0 Å². The van der Waals surface area contributed by atoms with Crippen molar-refractivity contribution in [3.05, 3.63) is 41.4 Å². The van der Waals surface area contributed by atoms with E-state index in [4.69, 9.17) is 14.6 Å². The number of likely N-dealkylation sites (N-methyl/N-ethyl adjacent to an activating group) is 2. The summed E-state index contributed by atoms with van der Waals surface area (Å²) < 4.78 is 11.3. The van der Waals surface area contributed by atoms with E-state index in [9.17, 15) is 24.6 Å². The predicted molar refractivity (Wildman–Crippen MR) is 137 cm³/mol. The van der Waals surface area contributed by atoms with Crippen molar-refractivity contribution in [3.8, 4) is 23.0 Å². The summed E-state index contributed by atoms with van der Waals surface area (Å²) in [7, 11) is 3.01. The molecule has 0 bridgehead atoms. The number of thiazole rings is 1. The number of nitrogens with zero attached hydrogens (tertiary/aromatic N) is 4. The third-order valence-electron chi connectivity index (χ3n) is 5.23. The molecule has 1 unspecified atom stereocenters. The number of phenols is 2. The van der Waals surface area contributed by atoms with Crippen molar-refractivity contribution in [2.45, 2.75) is 6.04 Å². The summed E-state index contributed by atoms with van der Waals surface area (Å²) >= 11 is 2.67. The molecule has 14 heteroatoms. The molecule has 2 heterocycles. The molecule has 194 valence electrons. The Morgan fingerprint density at radius 3 is 2.19 bits per heavy atom. The third-order valence-corrected chi connectivity index (χ3v) is 7.44. The molecule has 1 aliphatic rings. The van der Waals surface area contributed by atoms with Gasteiger partial charge in [-0.2, -0.15) is 0 Å². The summed E-state index contributed by atoms with van der Waals surface area (Å²) in [4.78, 5) is 47.1. The molecule has 0 saturated heterocycles. The molecule has 0 saturated carbocycles. The number of phenolic OH excluding ortho intramolecular Hbond substituents is 2. The molecule has 0 aliphatic carbocycles. The van der Waals surface area contributed by atoms with Crippen molar-refractivity contribution in [1.29, 1.82) is 0 Å². The van der Waals surface area contributed by atoms with Gasteiger partial charge < -0.3 is 34.6 Å². The van der Waals surface area contributed by atoms with Crippen molar-refractivity contribution in [2.75, 3.05) is 32.9 Å². The number of carbonyl (C=O) groups excluding carboxylic acids is 2. The molecule has 1 aromatic heterocycles. The first-order chi connectivity index (χ1) is 17.6. The van der Waals surface area contributed by atoms with E-state index in [1.807, 2.05) is 0 Å². The molecule has 2 amide bonds. The maximum Gasteiger partial charge on any atom is 0.415 e. The van der Waals surface area contributed by atoms with Gasteiger partial charge in [0.1, 0.15) is 21.6 Å². The molecule has 0 spiro atoms. The van der Waals surface area contributed by atoms with Crippen LogP contribution in [0, 0.1) is 0 Å². The molecule has 37 heavy (non-hydrogen) atoms. The Balaban J connectivity index is 1.31. The quantitative estimate of drug-likeness (QED) is 0.375. The Morgan fingerprint density at radius 1 is 0.973 bits per heavy atom. The molecule has 4 rings (SSSR count). The van der Waals surface area contributed by atoms with E-state index >= 15 is 0 Å². The van der Waals surface area contributed by atoms with Crippen LogP contribution < -0.4 is 9.47 Å². The van der Waals surface area contributed by atoms with Crippen LogP contribution >= 0.6 is 23.1 Å². The normalized spacial score (nSPS) is 14.8. The standard InChI is InChI=1S/C23H22N4O8S2/c1-26(22(32)34-12-4-6-16(28)17(29)9-12)7-8-27(2)23(33)35-13-3-5-14-18(10-13)37-20(24-14)19-25-15(11-36-19)21(30)31/h3-6,9-10,15,28-29H,7-8,11H2,1-2H3,(H,30,31). The minimum Gasteiger partial charge on any atom is -0.504 e. The second-order valence-electron chi connectivity index (χ2n) is 7.98. The lowest BCUT2D eigenvalue weighted by molar-refractivity contribution is -0.137. The number of amides is 2. The van der Waals surface area contributed by atoms with Crippen LogP contribution in [0.5, 0.6) is 23.0 Å². The smallest absolute Gasteiger partial charge is 0.415 e. The highest BCUT2D eigenvalue weighted by Crippen LogP contribution is 2.32. The lowest BCUT2D eigenvalue weighted by atomic mass is 10.3. The molecule has 0 radical (unpaired) electrons. The van der Waals surface area contributed by atoms with Crippen molar-refractivity contribution >= 4 is 56.5 Å². The van der Waals surface area contributed by atoms with Gasteiger partial charge in [0.25, 0.3) is 0 Å². The number of thioether (sulfide) groups is 1. The number of aromatic hydroxyl groups is 2. The number of carboxylic acid groups (broad SMARTS) is 1. The number of hydrogen-bond donors (Lipinski definition) is 3. The van der Waals surface area contributed by atoms with Crippen LogP contribution in [0.15, 0.2) is 41.4 Å². The maximum atomic E-state index is 12.5. The van der Waals surface area contributed by atoms with E-state index in [2.05, 4.69) is 9.98 Å². The average molecular weight is 547 g/mol. The van der Waals surface area contributed by atoms with Gasteiger partial charge in [-0.25, -0.2) is 19.4 Å². The van der Waals surface area contributed by atoms with E-state index in [0.29, 0.717) is 27.1 Å². The van der Waals surface area contributed by atoms with Crippen LogP contribution in [0.4, 0.5) is 9.59 Å². The van der Waals surface area contributed by atoms with Crippen molar-refractivity contribution in [2.24, 2.45) is 4.99 Å². The summed E-state index contributed by atoms with van der Waals surface area (Å²) in [5.41, 5.74) is 0.678. The van der Waals surface area contributed by atoms with Crippen molar-refractivity contribution in [3.63, 3.8) is 0 Å². The van der Waals surface area contributed by atoms with Crippen LogP contribution in [0.1, 0.15) is 5.01 Å². The maximum absolute atomic E-state index is 12.5. The van der Waals surface area contributed by atoms with Gasteiger partial charge in [0.2, 0.25) is 0 Å². The number of carbonyl (C=O) groups is 3. The first kappa shape index (κ1) is 26.0. The second-order valence-corrected chi connectivity index (χ2v) is 10.0. The van der Waals surface area contributed by atoms with E-state index in [1.165, 1.54) is 59.1 Å². The number of ether oxygens (including phenoxy) is 2. The number of fused-ring (bicyclic) bond motifs is 1. The number of aliphatic imine (C=N–C) groups is 1. The zero-order valence-corrected chi connectivity index (χ0v) is 21.3. The van der Waals surface area contributed by atoms with Crippen LogP contribution in [0.3, 0.4) is 0 Å². The van der Waals surface area contributed by atoms with Gasteiger partial charge in [-0.05, 0) is 24.3 Å². The fourth-order valence-electron chi connectivity index (χ4n) is 3.08. The fraction of sp³-hybridized carbons (Fsp3) is 0.261. The van der Waals surface area contributed by atoms with E-state index < -0.39 is 29.9 Å². The molecular formula is C23H22N4O8S2. The number of aromatic nitrogens is 1. The van der Waals surface area contributed by atoms with Crippen molar-refractivity contribution < 1.29 is 39.2 Å².